The quantitative estimate of drug-likeness (QED) is 0.808. The van der Waals surface area contributed by atoms with Gasteiger partial charge in [0.2, 0.25) is 0 Å². The lowest BCUT2D eigenvalue weighted by Crippen LogP contribution is -2.32. The van der Waals surface area contributed by atoms with Crippen molar-refractivity contribution in [2.45, 2.75) is 26.4 Å². The number of benzene rings is 1. The molecule has 1 aromatic carbocycles. The number of β-amino-alcohol motifs (C(OH)–C–C–N with tert-alkyl or cyclic N) is 1. The number of aliphatic hydroxyl groups excluding tert-OH is 1. The maximum absolute atomic E-state index is 10.2. The summed E-state index contributed by atoms with van der Waals surface area (Å²) in [5.41, 5.74) is 3.71. The van der Waals surface area contributed by atoms with Crippen molar-refractivity contribution in [3.05, 3.63) is 47.0 Å². The zero-order valence-electron chi connectivity index (χ0n) is 10.7. The second kappa shape index (κ2) is 5.48. The number of aliphatic hydroxyl groups is 1. The van der Waals surface area contributed by atoms with Gasteiger partial charge in [0.25, 0.3) is 0 Å². The number of aryl methyl sites for hydroxylation is 1. The molecule has 0 saturated heterocycles. The topological polar surface area (TPSA) is 23.5 Å². The van der Waals surface area contributed by atoms with Crippen LogP contribution in [0.1, 0.15) is 30.6 Å². The predicted molar refractivity (Wildman–Crippen MR) is 71.0 cm³/mol. The van der Waals surface area contributed by atoms with Crippen LogP contribution >= 0.6 is 0 Å². The summed E-state index contributed by atoms with van der Waals surface area (Å²) in [5.74, 6) is 0. The summed E-state index contributed by atoms with van der Waals surface area (Å²) < 4.78 is 0. The molecule has 1 aromatic rings. The molecule has 1 N–H and O–H groups in total. The standard InChI is InChI=1S/C15H21NO/c1-12-3-5-14(6-4-12)15(17)11-16-9-7-13(2)8-10-16/h3-7,15,17H,8-11H2,1-2H3. The van der Waals surface area contributed by atoms with Crippen molar-refractivity contribution < 1.29 is 5.11 Å². The van der Waals surface area contributed by atoms with Gasteiger partial charge in [-0.1, -0.05) is 41.5 Å². The predicted octanol–water partition coefficient (Wildman–Crippen LogP) is 2.68. The van der Waals surface area contributed by atoms with E-state index in [1.807, 2.05) is 12.1 Å². The Bertz CT molecular complexity index is 394. The van der Waals surface area contributed by atoms with Crippen LogP contribution in [0.4, 0.5) is 0 Å². The van der Waals surface area contributed by atoms with Gasteiger partial charge in [0.05, 0.1) is 6.10 Å². The molecular weight excluding hydrogens is 210 g/mol. The highest BCUT2D eigenvalue weighted by Crippen LogP contribution is 2.17. The Morgan fingerprint density at radius 1 is 1.24 bits per heavy atom. The minimum atomic E-state index is -0.373. The number of rotatable bonds is 3. The molecule has 17 heavy (non-hydrogen) atoms. The Labute approximate surface area is 104 Å². The Hall–Kier alpha value is -1.12. The van der Waals surface area contributed by atoms with Gasteiger partial charge in [-0.3, -0.25) is 4.90 Å². The lowest BCUT2D eigenvalue weighted by Gasteiger charge is -2.27. The maximum Gasteiger partial charge on any atom is 0.0917 e. The van der Waals surface area contributed by atoms with Crippen LogP contribution < -0.4 is 0 Å². The summed E-state index contributed by atoms with van der Waals surface area (Å²) >= 11 is 0. The minimum absolute atomic E-state index is 0.373. The van der Waals surface area contributed by atoms with Crippen LogP contribution in [0.2, 0.25) is 0 Å². The minimum Gasteiger partial charge on any atom is -0.387 e. The van der Waals surface area contributed by atoms with Gasteiger partial charge in [-0.15, -0.1) is 0 Å². The molecular formula is C15H21NO. The summed E-state index contributed by atoms with van der Waals surface area (Å²) in [4.78, 5) is 2.30. The van der Waals surface area contributed by atoms with E-state index in [4.69, 9.17) is 0 Å². The average Bonchev–Trinajstić information content (AvgIpc) is 2.33. The van der Waals surface area contributed by atoms with Gasteiger partial charge in [-0.2, -0.15) is 0 Å². The van der Waals surface area contributed by atoms with Gasteiger partial charge in [0.15, 0.2) is 0 Å². The van der Waals surface area contributed by atoms with Crippen LogP contribution in [0.3, 0.4) is 0 Å². The summed E-state index contributed by atoms with van der Waals surface area (Å²) in [6.07, 6.45) is 3.01. The summed E-state index contributed by atoms with van der Waals surface area (Å²) in [5, 5.41) is 10.2. The van der Waals surface area contributed by atoms with E-state index >= 15 is 0 Å². The molecule has 0 amide bonds. The first-order chi connectivity index (χ1) is 8.15. The molecule has 2 nitrogen and oxygen atoms in total. The smallest absolute Gasteiger partial charge is 0.0917 e. The van der Waals surface area contributed by atoms with Crippen molar-refractivity contribution >= 4 is 0 Å². The van der Waals surface area contributed by atoms with E-state index in [-0.39, 0.29) is 6.10 Å². The number of hydrogen-bond donors (Lipinski definition) is 1. The van der Waals surface area contributed by atoms with Crippen molar-refractivity contribution in [1.29, 1.82) is 0 Å². The maximum atomic E-state index is 10.2. The summed E-state index contributed by atoms with van der Waals surface area (Å²) in [6, 6.07) is 8.15. The largest absolute Gasteiger partial charge is 0.387 e. The van der Waals surface area contributed by atoms with Crippen LogP contribution in [0.25, 0.3) is 0 Å². The van der Waals surface area contributed by atoms with E-state index < -0.39 is 0 Å². The fraction of sp³-hybridized carbons (Fsp3) is 0.467. The molecule has 92 valence electrons. The normalized spacial score (nSPS) is 18.9. The van der Waals surface area contributed by atoms with Gasteiger partial charge in [-0.05, 0) is 25.8 Å². The third-order valence-corrected chi connectivity index (χ3v) is 3.41. The molecule has 0 saturated carbocycles. The zero-order valence-corrected chi connectivity index (χ0v) is 10.7. The fourth-order valence-electron chi connectivity index (χ4n) is 2.12. The van der Waals surface area contributed by atoms with Gasteiger partial charge >= 0.3 is 0 Å². The monoisotopic (exact) mass is 231 g/mol. The Morgan fingerprint density at radius 2 is 1.94 bits per heavy atom. The van der Waals surface area contributed by atoms with Gasteiger partial charge < -0.3 is 5.11 Å². The van der Waals surface area contributed by atoms with Crippen molar-refractivity contribution in [2.24, 2.45) is 0 Å². The van der Waals surface area contributed by atoms with Crippen molar-refractivity contribution in [2.75, 3.05) is 19.6 Å². The first-order valence-corrected chi connectivity index (χ1v) is 6.28. The molecule has 0 aliphatic carbocycles. The lowest BCUT2D eigenvalue weighted by atomic mass is 10.1. The fourth-order valence-corrected chi connectivity index (χ4v) is 2.12. The molecule has 0 bridgehead atoms. The Balaban J connectivity index is 1.93. The zero-order chi connectivity index (χ0) is 12.3. The Kier molecular flexibility index (Phi) is 3.97. The highest BCUT2D eigenvalue weighted by atomic mass is 16.3. The van der Waals surface area contributed by atoms with E-state index in [0.29, 0.717) is 0 Å². The van der Waals surface area contributed by atoms with Crippen molar-refractivity contribution in [1.82, 2.24) is 4.90 Å². The van der Waals surface area contributed by atoms with Gasteiger partial charge in [-0.25, -0.2) is 0 Å². The van der Waals surface area contributed by atoms with Crippen molar-refractivity contribution in [3.8, 4) is 0 Å². The van der Waals surface area contributed by atoms with Gasteiger partial charge in [0, 0.05) is 19.6 Å². The van der Waals surface area contributed by atoms with Gasteiger partial charge in [0.1, 0.15) is 0 Å². The van der Waals surface area contributed by atoms with E-state index in [1.54, 1.807) is 0 Å². The molecule has 0 spiro atoms. The molecule has 0 radical (unpaired) electrons. The van der Waals surface area contributed by atoms with E-state index in [1.165, 1.54) is 11.1 Å². The van der Waals surface area contributed by atoms with Crippen LogP contribution in [0.5, 0.6) is 0 Å². The number of nitrogens with zero attached hydrogens (tertiary/aromatic N) is 1. The first kappa shape index (κ1) is 12.3. The molecule has 0 aromatic heterocycles. The highest BCUT2D eigenvalue weighted by Gasteiger charge is 2.15. The highest BCUT2D eigenvalue weighted by molar-refractivity contribution is 5.23. The molecule has 0 fully saturated rings. The second-order valence-corrected chi connectivity index (χ2v) is 4.99. The van der Waals surface area contributed by atoms with E-state index in [9.17, 15) is 5.11 Å². The van der Waals surface area contributed by atoms with Crippen LogP contribution in [-0.2, 0) is 0 Å². The molecule has 2 rings (SSSR count). The van der Waals surface area contributed by atoms with E-state index in [0.717, 1.165) is 31.6 Å². The van der Waals surface area contributed by atoms with E-state index in [2.05, 4.69) is 37.0 Å². The van der Waals surface area contributed by atoms with Crippen LogP contribution in [0.15, 0.2) is 35.9 Å². The molecule has 1 heterocycles. The van der Waals surface area contributed by atoms with Crippen molar-refractivity contribution in [3.63, 3.8) is 0 Å². The molecule has 1 unspecified atom stereocenters. The van der Waals surface area contributed by atoms with Crippen LogP contribution in [0, 0.1) is 6.92 Å². The second-order valence-electron chi connectivity index (χ2n) is 4.99. The van der Waals surface area contributed by atoms with Crippen LogP contribution in [-0.4, -0.2) is 29.6 Å². The molecule has 1 aliphatic rings. The molecule has 1 atom stereocenters. The third kappa shape index (κ3) is 3.42. The average molecular weight is 231 g/mol. The third-order valence-electron chi connectivity index (χ3n) is 3.41. The molecule has 1 aliphatic heterocycles. The molecule has 2 heteroatoms. The summed E-state index contributed by atoms with van der Waals surface area (Å²) in [7, 11) is 0. The first-order valence-electron chi connectivity index (χ1n) is 6.28. The summed E-state index contributed by atoms with van der Waals surface area (Å²) in [6.45, 7) is 6.99. The Morgan fingerprint density at radius 3 is 2.53 bits per heavy atom. The lowest BCUT2D eigenvalue weighted by molar-refractivity contribution is 0.117. The SMILES string of the molecule is CC1=CCN(CC(O)c2ccc(C)cc2)CC1. The number of hydrogen-bond acceptors (Lipinski definition) is 2.